The second kappa shape index (κ2) is 5.77. The van der Waals surface area contributed by atoms with Gasteiger partial charge in [0.05, 0.1) is 5.56 Å². The first-order chi connectivity index (χ1) is 9.47. The van der Waals surface area contributed by atoms with Crippen molar-refractivity contribution in [3.8, 4) is 11.5 Å². The first-order valence-electron chi connectivity index (χ1n) is 6.10. The van der Waals surface area contributed by atoms with E-state index >= 15 is 0 Å². The van der Waals surface area contributed by atoms with Crippen molar-refractivity contribution in [3.63, 3.8) is 0 Å². The largest absolute Gasteiger partial charge is 0.457 e. The minimum absolute atomic E-state index is 0.116. The zero-order valence-electron chi connectivity index (χ0n) is 11.3. The maximum atomic E-state index is 13.0. The molecule has 0 bridgehead atoms. The van der Waals surface area contributed by atoms with Crippen LogP contribution in [0.4, 0.5) is 20.2 Å². The van der Waals surface area contributed by atoms with E-state index in [0.29, 0.717) is 5.75 Å². The van der Waals surface area contributed by atoms with Crippen LogP contribution in [0.2, 0.25) is 0 Å². The topological polar surface area (TPSA) is 38.5 Å². The van der Waals surface area contributed by atoms with Crippen LogP contribution >= 0.6 is 0 Å². The number of nitrogens with zero attached hydrogens (tertiary/aromatic N) is 1. The predicted molar refractivity (Wildman–Crippen MR) is 76.7 cm³/mol. The highest BCUT2D eigenvalue weighted by atomic mass is 19.3. The van der Waals surface area contributed by atoms with Crippen molar-refractivity contribution in [1.82, 2.24) is 0 Å². The van der Waals surface area contributed by atoms with Crippen LogP contribution in [0.15, 0.2) is 42.5 Å². The fourth-order valence-electron chi connectivity index (χ4n) is 1.78. The highest BCUT2D eigenvalue weighted by Gasteiger charge is 2.15. The van der Waals surface area contributed by atoms with Crippen molar-refractivity contribution in [2.75, 3.05) is 24.7 Å². The average molecular weight is 278 g/mol. The molecule has 20 heavy (non-hydrogen) atoms. The van der Waals surface area contributed by atoms with Gasteiger partial charge in [-0.3, -0.25) is 0 Å². The first-order valence-corrected chi connectivity index (χ1v) is 6.10. The number of hydrogen-bond donors (Lipinski definition) is 1. The molecule has 0 radical (unpaired) electrons. The lowest BCUT2D eigenvalue weighted by molar-refractivity contribution is 0.148. The molecule has 0 unspecified atom stereocenters. The van der Waals surface area contributed by atoms with Gasteiger partial charge in [-0.25, -0.2) is 8.78 Å². The lowest BCUT2D eigenvalue weighted by Gasteiger charge is -2.15. The van der Waals surface area contributed by atoms with E-state index in [1.165, 1.54) is 18.2 Å². The Morgan fingerprint density at radius 3 is 2.50 bits per heavy atom. The quantitative estimate of drug-likeness (QED) is 0.857. The van der Waals surface area contributed by atoms with E-state index in [4.69, 9.17) is 10.5 Å². The van der Waals surface area contributed by atoms with Crippen molar-refractivity contribution >= 4 is 11.4 Å². The summed E-state index contributed by atoms with van der Waals surface area (Å²) in [6, 6.07) is 11.4. The second-order valence-electron chi connectivity index (χ2n) is 4.59. The highest BCUT2D eigenvalue weighted by molar-refractivity contribution is 5.53. The van der Waals surface area contributed by atoms with Gasteiger partial charge in [0.15, 0.2) is 0 Å². The number of benzene rings is 2. The fraction of sp³-hybridized carbons (Fsp3) is 0.200. The second-order valence-corrected chi connectivity index (χ2v) is 4.59. The van der Waals surface area contributed by atoms with E-state index in [1.807, 2.05) is 31.1 Å². The number of nitrogens with two attached hydrogens (primary N) is 1. The number of rotatable bonds is 4. The third-order valence-corrected chi connectivity index (χ3v) is 2.83. The van der Waals surface area contributed by atoms with E-state index in [-0.39, 0.29) is 17.0 Å². The van der Waals surface area contributed by atoms with Gasteiger partial charge in [-0.15, -0.1) is 0 Å². The summed E-state index contributed by atoms with van der Waals surface area (Å²) in [4.78, 5) is 1.91. The monoisotopic (exact) mass is 278 g/mol. The molecule has 0 saturated heterocycles. The third kappa shape index (κ3) is 3.17. The number of anilines is 2. The van der Waals surface area contributed by atoms with Gasteiger partial charge in [0.2, 0.25) is 0 Å². The lowest BCUT2D eigenvalue weighted by atomic mass is 10.2. The normalized spacial score (nSPS) is 10.7. The summed E-state index contributed by atoms with van der Waals surface area (Å²) in [5.74, 6) is 0.618. The van der Waals surface area contributed by atoms with E-state index in [2.05, 4.69) is 0 Å². The third-order valence-electron chi connectivity index (χ3n) is 2.83. The molecule has 2 rings (SSSR count). The van der Waals surface area contributed by atoms with Crippen LogP contribution in [0, 0.1) is 0 Å². The molecule has 2 N–H and O–H groups in total. The van der Waals surface area contributed by atoms with Gasteiger partial charge in [0, 0.05) is 31.5 Å². The zero-order valence-corrected chi connectivity index (χ0v) is 11.3. The standard InChI is InChI=1S/C15H16F2N2O/c1-19(2)11-4-3-5-12(9-11)20-14-7-6-10(18)8-13(14)15(16)17/h3-9,15H,18H2,1-2H3. The van der Waals surface area contributed by atoms with Gasteiger partial charge in [-0.1, -0.05) is 6.07 Å². The predicted octanol–water partition coefficient (Wildman–Crippen LogP) is 4.06. The molecule has 0 aliphatic rings. The summed E-state index contributed by atoms with van der Waals surface area (Å²) in [7, 11) is 3.79. The SMILES string of the molecule is CN(C)c1cccc(Oc2ccc(N)cc2C(F)F)c1. The van der Waals surface area contributed by atoms with E-state index < -0.39 is 6.43 Å². The molecule has 0 aliphatic heterocycles. The van der Waals surface area contributed by atoms with Crippen LogP contribution in [0.25, 0.3) is 0 Å². The number of ether oxygens (including phenoxy) is 1. The summed E-state index contributed by atoms with van der Waals surface area (Å²) in [6.07, 6.45) is -2.63. The molecule has 0 fully saturated rings. The Kier molecular flexibility index (Phi) is 4.08. The summed E-state index contributed by atoms with van der Waals surface area (Å²) in [5, 5.41) is 0. The fourth-order valence-corrected chi connectivity index (χ4v) is 1.78. The smallest absolute Gasteiger partial charge is 0.267 e. The van der Waals surface area contributed by atoms with E-state index in [0.717, 1.165) is 5.69 Å². The van der Waals surface area contributed by atoms with Crippen LogP contribution in [0.5, 0.6) is 11.5 Å². The summed E-state index contributed by atoms with van der Waals surface area (Å²) in [6.45, 7) is 0. The summed E-state index contributed by atoms with van der Waals surface area (Å²) >= 11 is 0. The summed E-state index contributed by atoms with van der Waals surface area (Å²) < 4.78 is 31.5. The molecule has 2 aromatic carbocycles. The maximum absolute atomic E-state index is 13.0. The first kappa shape index (κ1) is 14.1. The molecule has 2 aromatic rings. The van der Waals surface area contributed by atoms with Gasteiger partial charge in [0.1, 0.15) is 11.5 Å². The van der Waals surface area contributed by atoms with E-state index in [1.54, 1.807) is 12.1 Å². The lowest BCUT2D eigenvalue weighted by Crippen LogP contribution is -2.08. The molecule has 3 nitrogen and oxygen atoms in total. The molecule has 0 saturated carbocycles. The van der Waals surface area contributed by atoms with Gasteiger partial charge >= 0.3 is 0 Å². The van der Waals surface area contributed by atoms with Crippen molar-refractivity contribution in [1.29, 1.82) is 0 Å². The summed E-state index contributed by atoms with van der Waals surface area (Å²) in [5.41, 5.74) is 6.53. The van der Waals surface area contributed by atoms with Crippen LogP contribution < -0.4 is 15.4 Å². The number of hydrogen-bond acceptors (Lipinski definition) is 3. The van der Waals surface area contributed by atoms with Gasteiger partial charge in [-0.2, -0.15) is 0 Å². The minimum atomic E-state index is -2.63. The molecule has 0 aliphatic carbocycles. The molecule has 0 spiro atoms. The zero-order chi connectivity index (χ0) is 14.7. The highest BCUT2D eigenvalue weighted by Crippen LogP contribution is 2.34. The van der Waals surface area contributed by atoms with Crippen molar-refractivity contribution in [2.24, 2.45) is 0 Å². The molecule has 0 heterocycles. The van der Waals surface area contributed by atoms with Gasteiger partial charge < -0.3 is 15.4 Å². The average Bonchev–Trinajstić information content (AvgIpc) is 2.41. The molecular formula is C15H16F2N2O. The van der Waals surface area contributed by atoms with Crippen molar-refractivity contribution in [2.45, 2.75) is 6.43 Å². The Balaban J connectivity index is 2.32. The van der Waals surface area contributed by atoms with Gasteiger partial charge in [0.25, 0.3) is 6.43 Å². The van der Waals surface area contributed by atoms with Crippen molar-refractivity contribution in [3.05, 3.63) is 48.0 Å². The number of halogens is 2. The van der Waals surface area contributed by atoms with Crippen LogP contribution in [0.1, 0.15) is 12.0 Å². The Bertz CT molecular complexity index is 600. The molecule has 0 aromatic heterocycles. The molecule has 0 atom stereocenters. The molecular weight excluding hydrogens is 262 g/mol. The van der Waals surface area contributed by atoms with Crippen LogP contribution in [-0.4, -0.2) is 14.1 Å². The Labute approximate surface area is 116 Å². The number of nitrogen functional groups attached to an aromatic ring is 1. The Morgan fingerprint density at radius 2 is 1.85 bits per heavy atom. The molecule has 5 heteroatoms. The van der Waals surface area contributed by atoms with Crippen LogP contribution in [0.3, 0.4) is 0 Å². The number of alkyl halides is 2. The molecule has 106 valence electrons. The Morgan fingerprint density at radius 1 is 1.10 bits per heavy atom. The van der Waals surface area contributed by atoms with Crippen molar-refractivity contribution < 1.29 is 13.5 Å². The maximum Gasteiger partial charge on any atom is 0.267 e. The van der Waals surface area contributed by atoms with Gasteiger partial charge in [-0.05, 0) is 30.3 Å². The molecule has 0 amide bonds. The van der Waals surface area contributed by atoms with E-state index in [9.17, 15) is 8.78 Å². The van der Waals surface area contributed by atoms with Crippen LogP contribution in [-0.2, 0) is 0 Å². The Hall–Kier alpha value is -2.30. The minimum Gasteiger partial charge on any atom is -0.457 e.